The molecule has 7 heteroatoms. The monoisotopic (exact) mass is 460 g/mol. The van der Waals surface area contributed by atoms with Crippen molar-refractivity contribution < 1.29 is 14.6 Å². The Morgan fingerprint density at radius 1 is 1.12 bits per heavy atom. The van der Waals surface area contributed by atoms with Gasteiger partial charge in [0, 0.05) is 37.1 Å². The molecule has 0 radical (unpaired) electrons. The molecule has 1 saturated carbocycles. The first-order valence-electron chi connectivity index (χ1n) is 12.3. The van der Waals surface area contributed by atoms with Gasteiger partial charge in [0.2, 0.25) is 0 Å². The van der Waals surface area contributed by atoms with Crippen LogP contribution in [0.25, 0.3) is 10.9 Å². The van der Waals surface area contributed by atoms with E-state index in [9.17, 15) is 9.90 Å². The Morgan fingerprint density at radius 3 is 2.74 bits per heavy atom. The highest BCUT2D eigenvalue weighted by molar-refractivity contribution is 5.96. The number of carbonyl (C=O) groups excluding carboxylic acids is 1. The minimum atomic E-state index is -0.331. The summed E-state index contributed by atoms with van der Waals surface area (Å²) in [6.07, 6.45) is 6.19. The summed E-state index contributed by atoms with van der Waals surface area (Å²) in [6.45, 7) is 3.67. The molecular weight excluding hydrogens is 428 g/mol. The lowest BCUT2D eigenvalue weighted by Gasteiger charge is -2.27. The van der Waals surface area contributed by atoms with Gasteiger partial charge in [0.1, 0.15) is 11.5 Å². The molecule has 1 amide bonds. The quantitative estimate of drug-likeness (QED) is 0.587. The number of aromatic nitrogens is 2. The van der Waals surface area contributed by atoms with Crippen molar-refractivity contribution in [2.45, 2.75) is 38.2 Å². The van der Waals surface area contributed by atoms with E-state index in [0.717, 1.165) is 79.8 Å². The maximum atomic E-state index is 13.0. The van der Waals surface area contributed by atoms with Crippen molar-refractivity contribution in [3.8, 4) is 0 Å². The van der Waals surface area contributed by atoms with Crippen LogP contribution in [0.3, 0.4) is 0 Å². The topological polar surface area (TPSA) is 87.6 Å². The zero-order chi connectivity index (χ0) is 23.3. The second-order valence-electron chi connectivity index (χ2n) is 9.31. The predicted octanol–water partition coefficient (Wildman–Crippen LogP) is 3.34. The molecule has 3 heterocycles. The molecule has 0 unspecified atom stereocenters. The molecule has 2 fully saturated rings. The standard InChI is InChI=1S/C27H32N4O3/c32-25-8-4-1-5-20(25)18-29-27(33)24-16-21(22-6-2-3-7-23(22)30-24)15-19-9-10-26(28-17-19)31-11-13-34-14-12-31/h2-3,6-7,9-10,16-17,20,25,32H,1,4-5,8,11-15,18H2,(H,29,33)/t20-,25+/m1/s1. The summed E-state index contributed by atoms with van der Waals surface area (Å²) in [5.41, 5.74) is 3.36. The van der Waals surface area contributed by atoms with Crippen LogP contribution in [0.1, 0.15) is 47.3 Å². The molecule has 5 rings (SSSR count). The lowest BCUT2D eigenvalue weighted by molar-refractivity contribution is 0.0661. The van der Waals surface area contributed by atoms with Crippen LogP contribution in [0, 0.1) is 5.92 Å². The fourth-order valence-corrected chi connectivity index (χ4v) is 4.97. The first kappa shape index (κ1) is 22.7. The number of nitrogens with zero attached hydrogens (tertiary/aromatic N) is 3. The fourth-order valence-electron chi connectivity index (χ4n) is 4.97. The molecule has 1 aliphatic carbocycles. The normalized spacial score (nSPS) is 20.9. The van der Waals surface area contributed by atoms with E-state index in [1.165, 1.54) is 0 Å². The highest BCUT2D eigenvalue weighted by Crippen LogP contribution is 2.25. The first-order valence-corrected chi connectivity index (χ1v) is 12.3. The highest BCUT2D eigenvalue weighted by Gasteiger charge is 2.24. The molecular formula is C27H32N4O3. The Balaban J connectivity index is 1.34. The number of ether oxygens (including phenoxy) is 1. The zero-order valence-corrected chi connectivity index (χ0v) is 19.4. The number of rotatable bonds is 6. The lowest BCUT2D eigenvalue weighted by Crippen LogP contribution is -2.37. The van der Waals surface area contributed by atoms with E-state index in [4.69, 9.17) is 4.74 Å². The van der Waals surface area contributed by atoms with Crippen LogP contribution in [-0.4, -0.2) is 59.9 Å². The molecule has 2 aromatic heterocycles. The number of para-hydroxylation sites is 1. The zero-order valence-electron chi connectivity index (χ0n) is 19.4. The second-order valence-corrected chi connectivity index (χ2v) is 9.31. The van der Waals surface area contributed by atoms with E-state index in [0.29, 0.717) is 18.7 Å². The smallest absolute Gasteiger partial charge is 0.269 e. The Hall–Kier alpha value is -3.03. The summed E-state index contributed by atoms with van der Waals surface area (Å²) in [6, 6.07) is 14.0. The lowest BCUT2D eigenvalue weighted by atomic mass is 9.86. The Labute approximate surface area is 200 Å². The van der Waals surface area contributed by atoms with Crippen LogP contribution in [0.5, 0.6) is 0 Å². The van der Waals surface area contributed by atoms with Gasteiger partial charge in [-0.3, -0.25) is 4.79 Å². The summed E-state index contributed by atoms with van der Waals surface area (Å²) in [4.78, 5) is 24.5. The van der Waals surface area contributed by atoms with Gasteiger partial charge in [0.05, 0.1) is 24.8 Å². The molecule has 2 aliphatic rings. The van der Waals surface area contributed by atoms with Crippen molar-refractivity contribution in [1.82, 2.24) is 15.3 Å². The maximum absolute atomic E-state index is 13.0. The maximum Gasteiger partial charge on any atom is 0.269 e. The summed E-state index contributed by atoms with van der Waals surface area (Å²) in [5.74, 6) is 0.899. The summed E-state index contributed by atoms with van der Waals surface area (Å²) in [7, 11) is 0. The van der Waals surface area contributed by atoms with Gasteiger partial charge >= 0.3 is 0 Å². The SMILES string of the molecule is O=C(NC[C@H]1CCCC[C@@H]1O)c1cc(Cc2ccc(N3CCOCC3)nc2)c2ccccc2n1. The first-order chi connectivity index (χ1) is 16.7. The van der Waals surface area contributed by atoms with Gasteiger partial charge in [-0.05, 0) is 48.6 Å². The third-order valence-electron chi connectivity index (χ3n) is 6.97. The van der Waals surface area contributed by atoms with Gasteiger partial charge in [0.15, 0.2) is 0 Å². The van der Waals surface area contributed by atoms with Crippen LogP contribution < -0.4 is 10.2 Å². The number of hydrogen-bond donors (Lipinski definition) is 2. The van der Waals surface area contributed by atoms with E-state index in [2.05, 4.69) is 32.3 Å². The molecule has 1 aromatic carbocycles. The molecule has 2 atom stereocenters. The van der Waals surface area contributed by atoms with Crippen molar-refractivity contribution in [2.24, 2.45) is 5.92 Å². The number of fused-ring (bicyclic) bond motifs is 1. The number of carbonyl (C=O) groups is 1. The van der Waals surface area contributed by atoms with Crippen molar-refractivity contribution in [2.75, 3.05) is 37.7 Å². The largest absolute Gasteiger partial charge is 0.393 e. The van der Waals surface area contributed by atoms with Gasteiger partial charge in [-0.15, -0.1) is 0 Å². The fraction of sp³-hybridized carbons (Fsp3) is 0.444. The molecule has 2 N–H and O–H groups in total. The van der Waals surface area contributed by atoms with Crippen molar-refractivity contribution in [3.05, 3.63) is 65.5 Å². The van der Waals surface area contributed by atoms with Crippen LogP contribution in [0.15, 0.2) is 48.7 Å². The number of morpholine rings is 1. The van der Waals surface area contributed by atoms with Crippen molar-refractivity contribution in [1.29, 1.82) is 0 Å². The average molecular weight is 461 g/mol. The molecule has 7 nitrogen and oxygen atoms in total. The number of aliphatic hydroxyl groups excluding tert-OH is 1. The van der Waals surface area contributed by atoms with Crippen molar-refractivity contribution >= 4 is 22.6 Å². The predicted molar refractivity (Wildman–Crippen MR) is 132 cm³/mol. The minimum absolute atomic E-state index is 0.119. The number of nitrogens with one attached hydrogen (secondary N) is 1. The number of amides is 1. The Bertz CT molecular complexity index is 1130. The average Bonchev–Trinajstić information content (AvgIpc) is 2.89. The third-order valence-corrected chi connectivity index (χ3v) is 6.97. The van der Waals surface area contributed by atoms with Gasteiger partial charge in [-0.25, -0.2) is 9.97 Å². The number of pyridine rings is 2. The van der Waals surface area contributed by atoms with Crippen LogP contribution in [0.2, 0.25) is 0 Å². The van der Waals surface area contributed by atoms with Gasteiger partial charge < -0.3 is 20.1 Å². The van der Waals surface area contributed by atoms with Gasteiger partial charge in [-0.1, -0.05) is 37.1 Å². The highest BCUT2D eigenvalue weighted by atomic mass is 16.5. The Kier molecular flexibility index (Phi) is 7.02. The molecule has 178 valence electrons. The van der Waals surface area contributed by atoms with E-state index < -0.39 is 0 Å². The summed E-state index contributed by atoms with van der Waals surface area (Å²) in [5, 5.41) is 14.3. The van der Waals surface area contributed by atoms with Crippen molar-refractivity contribution in [3.63, 3.8) is 0 Å². The van der Waals surface area contributed by atoms with Crippen LogP contribution >= 0.6 is 0 Å². The number of benzene rings is 1. The molecule has 34 heavy (non-hydrogen) atoms. The summed E-state index contributed by atoms with van der Waals surface area (Å²) < 4.78 is 5.43. The molecule has 0 spiro atoms. The number of hydrogen-bond acceptors (Lipinski definition) is 6. The molecule has 1 aliphatic heterocycles. The van der Waals surface area contributed by atoms with E-state index >= 15 is 0 Å². The van der Waals surface area contributed by atoms with Crippen LogP contribution in [0.4, 0.5) is 5.82 Å². The van der Waals surface area contributed by atoms with E-state index in [1.807, 2.05) is 36.5 Å². The minimum Gasteiger partial charge on any atom is -0.393 e. The summed E-state index contributed by atoms with van der Waals surface area (Å²) >= 11 is 0. The van der Waals surface area contributed by atoms with E-state index in [-0.39, 0.29) is 17.9 Å². The second kappa shape index (κ2) is 10.5. The van der Waals surface area contributed by atoms with E-state index in [1.54, 1.807) is 0 Å². The number of aliphatic hydroxyl groups is 1. The van der Waals surface area contributed by atoms with Gasteiger partial charge in [0.25, 0.3) is 5.91 Å². The van der Waals surface area contributed by atoms with Gasteiger partial charge in [-0.2, -0.15) is 0 Å². The third kappa shape index (κ3) is 5.21. The Morgan fingerprint density at radius 2 is 1.94 bits per heavy atom. The number of anilines is 1. The molecule has 3 aromatic rings. The van der Waals surface area contributed by atoms with Crippen LogP contribution in [-0.2, 0) is 11.2 Å². The molecule has 0 bridgehead atoms. The molecule has 1 saturated heterocycles.